The average molecular weight is 341 g/mol. The molecule has 0 bridgehead atoms. The van der Waals surface area contributed by atoms with Gasteiger partial charge >= 0.3 is 0 Å². The van der Waals surface area contributed by atoms with E-state index in [9.17, 15) is 0 Å². The lowest BCUT2D eigenvalue weighted by Gasteiger charge is -2.09. The van der Waals surface area contributed by atoms with Crippen LogP contribution in [0.25, 0.3) is 11.5 Å². The Labute approximate surface area is 144 Å². The van der Waals surface area contributed by atoms with Crippen molar-refractivity contribution in [3.05, 3.63) is 42.0 Å². The van der Waals surface area contributed by atoms with Crippen molar-refractivity contribution in [2.75, 3.05) is 0 Å². The second-order valence-corrected chi connectivity index (χ2v) is 7.24. The smallest absolute Gasteiger partial charge is 0.247 e. The van der Waals surface area contributed by atoms with E-state index >= 15 is 0 Å². The molecular weight excluding hydrogens is 322 g/mol. The van der Waals surface area contributed by atoms with Gasteiger partial charge in [0, 0.05) is 18.0 Å². The summed E-state index contributed by atoms with van der Waals surface area (Å²) < 4.78 is 8.04. The molecule has 7 heteroatoms. The van der Waals surface area contributed by atoms with Crippen molar-refractivity contribution >= 4 is 11.8 Å². The maximum Gasteiger partial charge on any atom is 0.247 e. The number of thioether (sulfide) groups is 1. The number of rotatable bonds is 6. The Morgan fingerprint density at radius 2 is 1.96 bits per heavy atom. The van der Waals surface area contributed by atoms with Crippen LogP contribution in [0, 0.1) is 0 Å². The van der Waals surface area contributed by atoms with E-state index in [4.69, 9.17) is 4.42 Å². The van der Waals surface area contributed by atoms with Gasteiger partial charge in [0.25, 0.3) is 0 Å². The minimum Gasteiger partial charge on any atom is -0.419 e. The molecule has 2 aromatic heterocycles. The van der Waals surface area contributed by atoms with Crippen molar-refractivity contribution in [2.24, 2.45) is 0 Å². The lowest BCUT2D eigenvalue weighted by atomic mass is 10.2. The number of hydrogen-bond donors (Lipinski definition) is 0. The zero-order valence-electron chi connectivity index (χ0n) is 13.7. The fourth-order valence-corrected chi connectivity index (χ4v) is 3.58. The van der Waals surface area contributed by atoms with Crippen LogP contribution in [-0.4, -0.2) is 25.0 Å². The third kappa shape index (κ3) is 2.96. The van der Waals surface area contributed by atoms with Crippen LogP contribution in [0.4, 0.5) is 0 Å². The molecule has 0 aliphatic heterocycles. The number of hydrogen-bond acceptors (Lipinski definition) is 6. The van der Waals surface area contributed by atoms with E-state index in [0.717, 1.165) is 23.1 Å². The molecule has 1 atom stereocenters. The van der Waals surface area contributed by atoms with Gasteiger partial charge in [-0.15, -0.1) is 20.4 Å². The molecule has 3 aromatic rings. The van der Waals surface area contributed by atoms with E-state index in [0.29, 0.717) is 17.7 Å². The van der Waals surface area contributed by atoms with Gasteiger partial charge < -0.3 is 8.98 Å². The minimum absolute atomic E-state index is 0.0246. The van der Waals surface area contributed by atoms with Gasteiger partial charge in [-0.05, 0) is 38.8 Å². The molecule has 0 saturated heterocycles. The summed E-state index contributed by atoms with van der Waals surface area (Å²) in [4.78, 5) is 0. The molecule has 2 heterocycles. The lowest BCUT2D eigenvalue weighted by molar-refractivity contribution is 0.508. The molecule has 1 aliphatic carbocycles. The Bertz CT molecular complexity index is 825. The summed E-state index contributed by atoms with van der Waals surface area (Å²) in [5.41, 5.74) is 0.932. The molecule has 124 valence electrons. The molecule has 1 aliphatic rings. The maximum absolute atomic E-state index is 5.84. The van der Waals surface area contributed by atoms with Gasteiger partial charge in [0.15, 0.2) is 5.16 Å². The van der Waals surface area contributed by atoms with Crippen molar-refractivity contribution in [3.63, 3.8) is 0 Å². The summed E-state index contributed by atoms with van der Waals surface area (Å²) in [5, 5.41) is 18.1. The van der Waals surface area contributed by atoms with Crippen molar-refractivity contribution in [1.82, 2.24) is 25.0 Å². The molecule has 0 N–H and O–H groups in total. The predicted octanol–water partition coefficient (Wildman–Crippen LogP) is 4.08. The summed E-state index contributed by atoms with van der Waals surface area (Å²) in [7, 11) is 0. The second-order valence-electron chi connectivity index (χ2n) is 5.93. The third-order valence-corrected chi connectivity index (χ3v) is 5.16. The van der Waals surface area contributed by atoms with E-state index in [1.807, 2.05) is 30.3 Å². The highest BCUT2D eigenvalue weighted by atomic mass is 32.2. The van der Waals surface area contributed by atoms with Crippen LogP contribution < -0.4 is 0 Å². The second kappa shape index (κ2) is 6.39. The van der Waals surface area contributed by atoms with Crippen LogP contribution in [0.15, 0.2) is 39.9 Å². The molecule has 24 heavy (non-hydrogen) atoms. The Kier molecular flexibility index (Phi) is 4.10. The molecule has 1 saturated carbocycles. The summed E-state index contributed by atoms with van der Waals surface area (Å²) in [5.74, 6) is 2.86. The van der Waals surface area contributed by atoms with Crippen molar-refractivity contribution in [3.8, 4) is 11.5 Å². The number of aromatic nitrogens is 5. The zero-order chi connectivity index (χ0) is 16.5. The third-order valence-electron chi connectivity index (χ3n) is 4.10. The molecule has 4 rings (SSSR count). The highest BCUT2D eigenvalue weighted by Crippen LogP contribution is 2.41. The summed E-state index contributed by atoms with van der Waals surface area (Å²) in [6, 6.07) is 9.81. The number of nitrogens with zero attached hydrogens (tertiary/aromatic N) is 5. The molecule has 0 spiro atoms. The maximum atomic E-state index is 5.84. The molecule has 1 fully saturated rings. The van der Waals surface area contributed by atoms with E-state index in [-0.39, 0.29) is 5.25 Å². The fourth-order valence-electron chi connectivity index (χ4n) is 2.63. The Hall–Kier alpha value is -2.15. The first-order valence-corrected chi connectivity index (χ1v) is 9.12. The van der Waals surface area contributed by atoms with Crippen LogP contribution in [-0.2, 0) is 6.54 Å². The molecule has 1 aromatic carbocycles. The van der Waals surface area contributed by atoms with Crippen LogP contribution in [0.1, 0.15) is 49.6 Å². The van der Waals surface area contributed by atoms with Crippen LogP contribution in [0.3, 0.4) is 0 Å². The highest BCUT2D eigenvalue weighted by Gasteiger charge is 2.30. The van der Waals surface area contributed by atoms with Crippen LogP contribution in [0.5, 0.6) is 0 Å². The van der Waals surface area contributed by atoms with E-state index < -0.39 is 0 Å². The minimum atomic E-state index is 0.0246. The molecule has 0 amide bonds. The van der Waals surface area contributed by atoms with Crippen molar-refractivity contribution < 1.29 is 4.42 Å². The zero-order valence-corrected chi connectivity index (χ0v) is 14.5. The Balaban J connectivity index is 1.53. The quantitative estimate of drug-likeness (QED) is 0.629. The Morgan fingerprint density at radius 1 is 1.17 bits per heavy atom. The summed E-state index contributed by atoms with van der Waals surface area (Å²) in [6.45, 7) is 5.07. The van der Waals surface area contributed by atoms with E-state index in [2.05, 4.69) is 38.8 Å². The monoisotopic (exact) mass is 341 g/mol. The summed E-state index contributed by atoms with van der Waals surface area (Å²) in [6.07, 6.45) is 2.45. The molecule has 0 radical (unpaired) electrons. The fraction of sp³-hybridized carbons (Fsp3) is 0.412. The van der Waals surface area contributed by atoms with Crippen LogP contribution >= 0.6 is 11.8 Å². The van der Waals surface area contributed by atoms with Gasteiger partial charge in [0.05, 0.1) is 5.25 Å². The van der Waals surface area contributed by atoms with Gasteiger partial charge in [0.2, 0.25) is 11.8 Å². The Morgan fingerprint density at radius 3 is 2.67 bits per heavy atom. The summed E-state index contributed by atoms with van der Waals surface area (Å²) >= 11 is 1.62. The molecular formula is C17H19N5OS. The number of benzene rings is 1. The lowest BCUT2D eigenvalue weighted by Crippen LogP contribution is -2.02. The molecule has 6 nitrogen and oxygen atoms in total. The van der Waals surface area contributed by atoms with Gasteiger partial charge in [-0.2, -0.15) is 0 Å². The van der Waals surface area contributed by atoms with Gasteiger partial charge in [-0.25, -0.2) is 0 Å². The van der Waals surface area contributed by atoms with Crippen molar-refractivity contribution in [2.45, 2.75) is 49.6 Å². The average Bonchev–Trinajstić information content (AvgIpc) is 3.19. The van der Waals surface area contributed by atoms with Crippen LogP contribution in [0.2, 0.25) is 0 Å². The first kappa shape index (κ1) is 15.4. The van der Waals surface area contributed by atoms with Gasteiger partial charge in [0.1, 0.15) is 5.82 Å². The SMILES string of the molecule is CCn1c(S[C@@H](C)c2nnc(-c3ccccc3)o2)nnc1C1CC1. The topological polar surface area (TPSA) is 69.6 Å². The predicted molar refractivity (Wildman–Crippen MR) is 91.7 cm³/mol. The van der Waals surface area contributed by atoms with E-state index in [1.54, 1.807) is 11.8 Å². The van der Waals surface area contributed by atoms with Gasteiger partial charge in [-0.1, -0.05) is 30.0 Å². The van der Waals surface area contributed by atoms with Gasteiger partial charge in [-0.3, -0.25) is 0 Å². The van der Waals surface area contributed by atoms with Crippen molar-refractivity contribution in [1.29, 1.82) is 0 Å². The highest BCUT2D eigenvalue weighted by molar-refractivity contribution is 7.99. The largest absolute Gasteiger partial charge is 0.419 e. The molecule has 0 unspecified atom stereocenters. The first-order chi connectivity index (χ1) is 11.8. The normalized spacial score (nSPS) is 15.6. The first-order valence-electron chi connectivity index (χ1n) is 8.24. The standard InChI is InChI=1S/C17H19N5OS/c1-3-22-14(12-9-10-12)18-21-17(22)24-11(2)15-19-20-16(23-15)13-7-5-4-6-8-13/h4-8,11-12H,3,9-10H2,1-2H3/t11-/m0/s1. The van der Waals surface area contributed by atoms with E-state index in [1.165, 1.54) is 12.8 Å².